The predicted molar refractivity (Wildman–Crippen MR) is 158 cm³/mol. The molecule has 6 rings (SSSR count). The minimum atomic E-state index is -4.59. The van der Waals surface area contributed by atoms with Crippen molar-refractivity contribution in [3.05, 3.63) is 113 Å². The molecule has 0 bridgehead atoms. The van der Waals surface area contributed by atoms with Gasteiger partial charge in [-0.3, -0.25) is 9.59 Å². The van der Waals surface area contributed by atoms with E-state index in [-0.39, 0.29) is 30.4 Å². The van der Waals surface area contributed by atoms with Crippen LogP contribution in [0.15, 0.2) is 90.5 Å². The predicted octanol–water partition coefficient (Wildman–Crippen LogP) is 5.70. The van der Waals surface area contributed by atoms with Gasteiger partial charge in [0.2, 0.25) is 0 Å². The maximum absolute atomic E-state index is 14.6. The van der Waals surface area contributed by atoms with Crippen molar-refractivity contribution in [2.24, 2.45) is 5.41 Å². The molecule has 2 amide bonds. The lowest BCUT2D eigenvalue weighted by molar-refractivity contribution is -0.204. The fourth-order valence-electron chi connectivity index (χ4n) is 6.08. The van der Waals surface area contributed by atoms with Crippen LogP contribution in [0.25, 0.3) is 0 Å². The zero-order valence-electron chi connectivity index (χ0n) is 23.1. The molecule has 1 saturated heterocycles. The van der Waals surface area contributed by atoms with Crippen molar-refractivity contribution in [1.82, 2.24) is 14.8 Å². The van der Waals surface area contributed by atoms with E-state index in [9.17, 15) is 22.8 Å². The van der Waals surface area contributed by atoms with E-state index in [1.165, 1.54) is 17.1 Å². The average molecular weight is 597 g/mol. The standard InChI is InChI=1S/C32H31F3N4O2.ClH/c1-31(32(33,34)35)19-23(11-13-26(31)22-7-3-2-4-8-22)29(40)39-21-25-12-14-28(30(41)37-17-15-36-16-18-37)38(25)20-24-9-5-6-10-27(24)39;/h2-14,19,26,36H,15-18,20-21H2,1H3;1H. The number of para-hydroxylation sites is 1. The zero-order valence-corrected chi connectivity index (χ0v) is 23.9. The van der Waals surface area contributed by atoms with Gasteiger partial charge in [-0.1, -0.05) is 66.8 Å². The number of fused-ring (bicyclic) bond motifs is 2. The molecule has 0 spiro atoms. The molecule has 2 unspecified atom stereocenters. The number of rotatable bonds is 3. The van der Waals surface area contributed by atoms with E-state index in [4.69, 9.17) is 0 Å². The quantitative estimate of drug-likeness (QED) is 0.422. The normalized spacial score (nSPS) is 21.9. The van der Waals surface area contributed by atoms with E-state index >= 15 is 0 Å². The van der Waals surface area contributed by atoms with Gasteiger partial charge in [-0.15, -0.1) is 12.4 Å². The Bertz CT molecular complexity index is 1540. The smallest absolute Gasteiger partial charge is 0.335 e. The first-order valence-corrected chi connectivity index (χ1v) is 13.8. The number of aromatic nitrogens is 1. The Hall–Kier alpha value is -3.82. The zero-order chi connectivity index (χ0) is 28.8. The number of hydrogen-bond donors (Lipinski definition) is 1. The number of hydrogen-bond acceptors (Lipinski definition) is 3. The van der Waals surface area contributed by atoms with Gasteiger partial charge < -0.3 is 19.7 Å². The van der Waals surface area contributed by atoms with E-state index in [1.54, 1.807) is 42.5 Å². The summed E-state index contributed by atoms with van der Waals surface area (Å²) in [7, 11) is 0. The summed E-state index contributed by atoms with van der Waals surface area (Å²) in [4.78, 5) is 30.8. The van der Waals surface area contributed by atoms with E-state index in [0.717, 1.165) is 37.3 Å². The first-order valence-electron chi connectivity index (χ1n) is 13.8. The molecule has 42 heavy (non-hydrogen) atoms. The number of allylic oxidation sites excluding steroid dienone is 2. The van der Waals surface area contributed by atoms with Gasteiger partial charge in [0.1, 0.15) is 5.69 Å². The molecule has 3 aromatic rings. The molecule has 1 N–H and O–H groups in total. The summed E-state index contributed by atoms with van der Waals surface area (Å²) in [5, 5.41) is 3.25. The Labute approximate surface area is 248 Å². The molecule has 2 aromatic carbocycles. The molecular formula is C32H32ClF3N4O2. The Morgan fingerprint density at radius 2 is 1.60 bits per heavy atom. The third-order valence-electron chi connectivity index (χ3n) is 8.46. The lowest BCUT2D eigenvalue weighted by Crippen LogP contribution is -2.46. The summed E-state index contributed by atoms with van der Waals surface area (Å²) in [6.07, 6.45) is -0.501. The summed E-state index contributed by atoms with van der Waals surface area (Å²) in [5.74, 6) is -1.55. The molecule has 1 aromatic heterocycles. The fourth-order valence-corrected chi connectivity index (χ4v) is 6.08. The number of carbonyl (C=O) groups is 2. The summed E-state index contributed by atoms with van der Waals surface area (Å²) in [6.45, 7) is 4.34. The maximum atomic E-state index is 14.6. The van der Waals surface area contributed by atoms with Crippen LogP contribution in [-0.4, -0.2) is 53.6 Å². The van der Waals surface area contributed by atoms with E-state index in [0.29, 0.717) is 36.6 Å². The topological polar surface area (TPSA) is 57.6 Å². The van der Waals surface area contributed by atoms with Gasteiger partial charge in [0.05, 0.1) is 18.5 Å². The number of halogens is 4. The highest BCUT2D eigenvalue weighted by Gasteiger charge is 2.55. The van der Waals surface area contributed by atoms with Crippen LogP contribution >= 0.6 is 12.4 Å². The van der Waals surface area contributed by atoms with Gasteiger partial charge in [0.25, 0.3) is 11.8 Å². The molecule has 1 aliphatic carbocycles. The average Bonchev–Trinajstić information content (AvgIpc) is 3.29. The van der Waals surface area contributed by atoms with Crippen LogP contribution in [0.2, 0.25) is 0 Å². The van der Waals surface area contributed by atoms with Crippen molar-refractivity contribution in [3.8, 4) is 0 Å². The van der Waals surface area contributed by atoms with Crippen LogP contribution in [0.5, 0.6) is 0 Å². The molecule has 2 aliphatic heterocycles. The maximum Gasteiger partial charge on any atom is 0.398 e. The molecule has 1 fully saturated rings. The Morgan fingerprint density at radius 1 is 0.905 bits per heavy atom. The van der Waals surface area contributed by atoms with E-state index < -0.39 is 23.4 Å². The summed E-state index contributed by atoms with van der Waals surface area (Å²) in [5.41, 5.74) is 0.964. The monoisotopic (exact) mass is 596 g/mol. The first kappa shape index (κ1) is 29.7. The molecule has 6 nitrogen and oxygen atoms in total. The highest BCUT2D eigenvalue weighted by Crippen LogP contribution is 2.52. The molecule has 10 heteroatoms. The lowest BCUT2D eigenvalue weighted by Gasteiger charge is -2.38. The molecule has 3 aliphatic rings. The van der Waals surface area contributed by atoms with E-state index in [2.05, 4.69) is 5.32 Å². The third kappa shape index (κ3) is 5.16. The second kappa shape index (κ2) is 11.5. The second-order valence-corrected chi connectivity index (χ2v) is 11.0. The number of nitrogens with one attached hydrogen (secondary N) is 1. The van der Waals surface area contributed by atoms with Crippen molar-refractivity contribution in [3.63, 3.8) is 0 Å². The summed E-state index contributed by atoms with van der Waals surface area (Å²) < 4.78 is 45.8. The number of benzene rings is 2. The first-order chi connectivity index (χ1) is 19.7. The number of alkyl halides is 3. The van der Waals surface area contributed by atoms with Crippen molar-refractivity contribution >= 4 is 29.9 Å². The number of amides is 2. The summed E-state index contributed by atoms with van der Waals surface area (Å²) >= 11 is 0. The van der Waals surface area contributed by atoms with Crippen LogP contribution in [0.1, 0.15) is 40.2 Å². The number of carbonyl (C=O) groups excluding carboxylic acids is 2. The van der Waals surface area contributed by atoms with Gasteiger partial charge in [-0.25, -0.2) is 0 Å². The van der Waals surface area contributed by atoms with Crippen LogP contribution in [0.4, 0.5) is 18.9 Å². The number of nitrogens with zero attached hydrogens (tertiary/aromatic N) is 3. The second-order valence-electron chi connectivity index (χ2n) is 11.0. The van der Waals surface area contributed by atoms with Crippen molar-refractivity contribution in [1.29, 1.82) is 0 Å². The Morgan fingerprint density at radius 3 is 2.31 bits per heavy atom. The Kier molecular flexibility index (Phi) is 8.09. The molecule has 0 radical (unpaired) electrons. The van der Waals surface area contributed by atoms with Gasteiger partial charge in [0.15, 0.2) is 0 Å². The molecule has 0 saturated carbocycles. The fraction of sp³-hybridized carbons (Fsp3) is 0.312. The Balaban J connectivity index is 0.00000353. The van der Waals surface area contributed by atoms with E-state index in [1.807, 2.05) is 33.7 Å². The SMILES string of the molecule is CC1(C(F)(F)F)C=C(C(=O)N2Cc3ccc(C(=O)N4CCNCC4)n3Cc3ccccc32)C=CC1c1ccccc1.Cl. The minimum Gasteiger partial charge on any atom is -0.335 e. The highest BCUT2D eigenvalue weighted by atomic mass is 35.5. The van der Waals surface area contributed by atoms with Gasteiger partial charge in [-0.05, 0) is 36.2 Å². The van der Waals surface area contributed by atoms with Crippen molar-refractivity contribution < 1.29 is 22.8 Å². The molecule has 220 valence electrons. The number of anilines is 1. The largest absolute Gasteiger partial charge is 0.398 e. The van der Waals surface area contributed by atoms with Gasteiger partial charge in [-0.2, -0.15) is 13.2 Å². The highest BCUT2D eigenvalue weighted by molar-refractivity contribution is 6.08. The van der Waals surface area contributed by atoms with Crippen molar-refractivity contribution in [2.45, 2.75) is 32.1 Å². The van der Waals surface area contributed by atoms with Crippen LogP contribution in [-0.2, 0) is 17.9 Å². The van der Waals surface area contributed by atoms with Crippen LogP contribution < -0.4 is 10.2 Å². The van der Waals surface area contributed by atoms with Gasteiger partial charge in [0, 0.05) is 49.1 Å². The summed E-state index contributed by atoms with van der Waals surface area (Å²) in [6, 6.07) is 19.5. The minimum absolute atomic E-state index is 0. The number of piperazine rings is 1. The molecular weight excluding hydrogens is 565 g/mol. The molecule has 2 atom stereocenters. The third-order valence-corrected chi connectivity index (χ3v) is 8.46. The lowest BCUT2D eigenvalue weighted by atomic mass is 9.69. The van der Waals surface area contributed by atoms with Crippen LogP contribution in [0, 0.1) is 5.41 Å². The van der Waals surface area contributed by atoms with Crippen molar-refractivity contribution in [2.75, 3.05) is 31.1 Å². The van der Waals surface area contributed by atoms with Gasteiger partial charge >= 0.3 is 6.18 Å². The van der Waals surface area contributed by atoms with Crippen LogP contribution in [0.3, 0.4) is 0 Å². The molecule has 3 heterocycles.